The van der Waals surface area contributed by atoms with E-state index < -0.39 is 16.2 Å². The monoisotopic (exact) mass is 389 g/mol. The summed E-state index contributed by atoms with van der Waals surface area (Å²) in [6.45, 7) is 2.08. The Labute approximate surface area is 158 Å². The second-order valence-corrected chi connectivity index (χ2v) is 8.22. The quantitative estimate of drug-likeness (QED) is 0.430. The molecule has 2 aromatic rings. The van der Waals surface area contributed by atoms with Gasteiger partial charge in [-0.05, 0) is 54.6 Å². The summed E-state index contributed by atoms with van der Waals surface area (Å²) >= 11 is 0. The fraction of sp³-hybridized carbons (Fsp3) is 0.353. The molecule has 0 spiro atoms. The maximum atomic E-state index is 12.1. The van der Waals surface area contributed by atoms with Gasteiger partial charge in [0, 0.05) is 11.8 Å². The summed E-state index contributed by atoms with van der Waals surface area (Å²) in [5, 5.41) is 8.63. The number of primary sulfonamides is 1. The highest BCUT2D eigenvalue weighted by atomic mass is 32.2. The van der Waals surface area contributed by atoms with Gasteiger partial charge in [-0.15, -0.1) is 0 Å². The lowest BCUT2D eigenvalue weighted by Crippen LogP contribution is -2.33. The van der Waals surface area contributed by atoms with Gasteiger partial charge in [-0.25, -0.2) is 29.4 Å². The molecule has 1 aromatic carbocycles. The van der Waals surface area contributed by atoms with Crippen LogP contribution in [0.3, 0.4) is 0 Å². The molecule has 0 unspecified atom stereocenters. The molecule has 0 radical (unpaired) electrons. The Balaban J connectivity index is 1.74. The fourth-order valence-electron chi connectivity index (χ4n) is 3.70. The van der Waals surface area contributed by atoms with Crippen molar-refractivity contribution in [3.05, 3.63) is 47.7 Å². The summed E-state index contributed by atoms with van der Waals surface area (Å²) in [6, 6.07) is 10.1. The van der Waals surface area contributed by atoms with Crippen molar-refractivity contribution >= 4 is 10.0 Å². The van der Waals surface area contributed by atoms with Crippen LogP contribution < -0.4 is 32.4 Å². The zero-order chi connectivity index (χ0) is 18.9. The number of hydrogen-bond acceptors (Lipinski definition) is 8. The number of nitrogens with two attached hydrogens (primary N) is 1. The number of aromatic nitrogens is 1. The molecule has 0 atom stereocenters. The largest absolute Gasteiger partial charge is 0.317 e. The minimum Gasteiger partial charge on any atom is -0.317 e. The minimum absolute atomic E-state index is 0.155. The molecule has 2 fully saturated rings. The summed E-state index contributed by atoms with van der Waals surface area (Å²) in [7, 11) is -3.98. The molecule has 9 nitrogen and oxygen atoms in total. The van der Waals surface area contributed by atoms with E-state index in [1.807, 2.05) is 12.1 Å². The van der Waals surface area contributed by atoms with E-state index in [9.17, 15) is 8.42 Å². The molecule has 27 heavy (non-hydrogen) atoms. The highest BCUT2D eigenvalue weighted by Gasteiger charge is 2.28. The van der Waals surface area contributed by atoms with E-state index in [-0.39, 0.29) is 5.03 Å². The molecule has 3 heterocycles. The number of sulfonamides is 1. The van der Waals surface area contributed by atoms with Crippen molar-refractivity contribution < 1.29 is 8.42 Å². The van der Waals surface area contributed by atoms with Gasteiger partial charge in [0.1, 0.15) is 6.17 Å². The van der Waals surface area contributed by atoms with Gasteiger partial charge in [0.2, 0.25) is 0 Å². The smallest absolute Gasteiger partial charge is 0.255 e. The zero-order valence-electron chi connectivity index (χ0n) is 14.7. The third kappa shape index (κ3) is 3.87. The van der Waals surface area contributed by atoms with Crippen molar-refractivity contribution in [3.8, 4) is 11.1 Å². The van der Waals surface area contributed by atoms with Gasteiger partial charge in [0.05, 0.1) is 0 Å². The highest BCUT2D eigenvalue weighted by Crippen LogP contribution is 2.33. The van der Waals surface area contributed by atoms with Gasteiger partial charge in [-0.2, -0.15) is 11.1 Å². The van der Waals surface area contributed by atoms with E-state index in [2.05, 4.69) is 44.4 Å². The van der Waals surface area contributed by atoms with E-state index >= 15 is 0 Å². The van der Waals surface area contributed by atoms with Crippen molar-refractivity contribution in [3.63, 3.8) is 0 Å². The predicted octanol–water partition coefficient (Wildman–Crippen LogP) is -0.0214. The van der Waals surface area contributed by atoms with Gasteiger partial charge in [0.25, 0.3) is 10.0 Å². The van der Waals surface area contributed by atoms with Crippen molar-refractivity contribution in [2.24, 2.45) is 5.14 Å². The molecular formula is C17H23N7O2S. The second kappa shape index (κ2) is 7.60. The minimum atomic E-state index is -3.98. The first kappa shape index (κ1) is 18.4. The van der Waals surface area contributed by atoms with Crippen LogP contribution >= 0.6 is 0 Å². The van der Waals surface area contributed by atoms with Gasteiger partial charge in [0.15, 0.2) is 5.03 Å². The average Bonchev–Trinajstić information content (AvgIpc) is 3.22. The second-order valence-electron chi connectivity index (χ2n) is 6.74. The van der Waals surface area contributed by atoms with Crippen LogP contribution in [-0.2, 0) is 10.0 Å². The first-order valence-electron chi connectivity index (χ1n) is 8.88. The maximum Gasteiger partial charge on any atom is 0.255 e. The van der Waals surface area contributed by atoms with Gasteiger partial charge in [-0.3, -0.25) is 0 Å². The molecule has 0 amide bonds. The topological polar surface area (TPSA) is 133 Å². The molecule has 2 aliphatic heterocycles. The van der Waals surface area contributed by atoms with E-state index in [1.165, 1.54) is 11.8 Å². The molecule has 0 bridgehead atoms. The standard InChI is InChI=1S/C17H23N7O2S/c18-27(25,26)17-15(16-21-23-24-22-16)14(7-10-20-17)13-3-1-11(2-4-13)12-5-8-19-9-6-12/h1-4,7,10,12,16,19,21-24H,5-6,8-9H2,(H2,18,25,26). The summed E-state index contributed by atoms with van der Waals surface area (Å²) < 4.78 is 24.1. The molecule has 1 aromatic heterocycles. The Bertz CT molecular complexity index is 905. The van der Waals surface area contributed by atoms with Gasteiger partial charge in [-0.1, -0.05) is 24.3 Å². The van der Waals surface area contributed by atoms with Crippen molar-refractivity contribution in [2.75, 3.05) is 13.1 Å². The number of piperidine rings is 1. The molecule has 10 heteroatoms. The molecule has 2 saturated heterocycles. The molecule has 144 valence electrons. The first-order chi connectivity index (χ1) is 13.0. The SMILES string of the molecule is NS(=O)(=O)c1nccc(-c2ccc(C3CCNCC3)cc2)c1C1NNNN1. The Morgan fingerprint density at radius 2 is 1.67 bits per heavy atom. The van der Waals surface area contributed by atoms with Crippen molar-refractivity contribution in [2.45, 2.75) is 30.0 Å². The lowest BCUT2D eigenvalue weighted by Gasteiger charge is -2.23. The van der Waals surface area contributed by atoms with Crippen LogP contribution in [0.25, 0.3) is 11.1 Å². The number of hydrogen-bond donors (Lipinski definition) is 6. The summed E-state index contributed by atoms with van der Waals surface area (Å²) in [6.07, 6.45) is 3.21. The number of rotatable bonds is 4. The van der Waals surface area contributed by atoms with E-state index in [1.54, 1.807) is 6.07 Å². The third-order valence-corrected chi connectivity index (χ3v) is 5.90. The lowest BCUT2D eigenvalue weighted by atomic mass is 9.89. The Morgan fingerprint density at radius 3 is 2.30 bits per heavy atom. The fourth-order valence-corrected chi connectivity index (χ4v) is 4.44. The Kier molecular flexibility index (Phi) is 5.19. The molecule has 2 aliphatic rings. The van der Waals surface area contributed by atoms with Crippen LogP contribution in [0.5, 0.6) is 0 Å². The van der Waals surface area contributed by atoms with Crippen LogP contribution in [0.4, 0.5) is 0 Å². The van der Waals surface area contributed by atoms with Gasteiger partial charge >= 0.3 is 0 Å². The average molecular weight is 389 g/mol. The molecular weight excluding hydrogens is 366 g/mol. The van der Waals surface area contributed by atoms with E-state index in [0.29, 0.717) is 11.5 Å². The lowest BCUT2D eigenvalue weighted by molar-refractivity contribution is 0.460. The predicted molar refractivity (Wildman–Crippen MR) is 101 cm³/mol. The molecule has 0 saturated carbocycles. The number of hydrazine groups is 3. The van der Waals surface area contributed by atoms with E-state index in [0.717, 1.165) is 37.1 Å². The number of pyridine rings is 1. The first-order valence-corrected chi connectivity index (χ1v) is 10.4. The summed E-state index contributed by atoms with van der Waals surface area (Å²) in [5.41, 5.74) is 14.7. The number of nitrogens with zero attached hydrogens (tertiary/aromatic N) is 1. The van der Waals surface area contributed by atoms with Crippen LogP contribution in [0, 0.1) is 0 Å². The van der Waals surface area contributed by atoms with E-state index in [4.69, 9.17) is 5.14 Å². The third-order valence-electron chi connectivity index (χ3n) is 5.04. The number of nitrogens with one attached hydrogen (secondary N) is 5. The van der Waals surface area contributed by atoms with Gasteiger partial charge < -0.3 is 5.32 Å². The Hall–Kier alpha value is -1.92. The summed E-state index contributed by atoms with van der Waals surface area (Å²) in [4.78, 5) is 4.02. The van der Waals surface area contributed by atoms with Crippen LogP contribution in [0.1, 0.15) is 36.1 Å². The van der Waals surface area contributed by atoms with Crippen LogP contribution in [-0.4, -0.2) is 26.5 Å². The zero-order valence-corrected chi connectivity index (χ0v) is 15.5. The van der Waals surface area contributed by atoms with Crippen molar-refractivity contribution in [1.29, 1.82) is 0 Å². The Morgan fingerprint density at radius 1 is 1.00 bits per heavy atom. The van der Waals surface area contributed by atoms with Crippen LogP contribution in [0.2, 0.25) is 0 Å². The van der Waals surface area contributed by atoms with Crippen molar-refractivity contribution in [1.82, 2.24) is 32.2 Å². The number of benzene rings is 1. The van der Waals surface area contributed by atoms with Crippen LogP contribution in [0.15, 0.2) is 41.6 Å². The highest BCUT2D eigenvalue weighted by molar-refractivity contribution is 7.89. The molecule has 4 rings (SSSR count). The maximum absolute atomic E-state index is 12.1. The molecule has 0 aliphatic carbocycles. The normalized spacial score (nSPS) is 19.4. The summed E-state index contributed by atoms with van der Waals surface area (Å²) in [5.74, 6) is 0.559. The molecule has 7 N–H and O–H groups in total.